The van der Waals surface area contributed by atoms with Gasteiger partial charge < -0.3 is 9.09 Å². The highest BCUT2D eigenvalue weighted by molar-refractivity contribution is 8.00. The fourth-order valence-corrected chi connectivity index (χ4v) is 2.98. The zero-order valence-electron chi connectivity index (χ0n) is 12.5. The molecule has 0 aliphatic rings. The number of aryl methyl sites for hydroxylation is 2. The van der Waals surface area contributed by atoms with E-state index >= 15 is 0 Å². The Morgan fingerprint density at radius 2 is 2.18 bits per heavy atom. The van der Waals surface area contributed by atoms with Crippen LogP contribution in [0.5, 0.6) is 0 Å². The first-order chi connectivity index (χ1) is 10.5. The standard InChI is InChI=1S/C15H16N4O2S/c1-9-8-13(21-18-9)17-14(20)10(2)22-15-16-11-6-4-5-7-12(11)19(15)3/h4-8,10H,1-3H3,(H,17,20). The molecule has 0 bridgehead atoms. The monoisotopic (exact) mass is 316 g/mol. The number of anilines is 1. The summed E-state index contributed by atoms with van der Waals surface area (Å²) in [6.07, 6.45) is 0. The second-order valence-corrected chi connectivity index (χ2v) is 6.33. The normalized spacial score (nSPS) is 12.5. The molecular formula is C15H16N4O2S. The molecule has 0 aliphatic carbocycles. The molecule has 3 aromatic rings. The lowest BCUT2D eigenvalue weighted by Crippen LogP contribution is -2.22. The molecule has 3 rings (SSSR count). The number of benzene rings is 1. The van der Waals surface area contributed by atoms with Gasteiger partial charge in [-0.25, -0.2) is 4.98 Å². The van der Waals surface area contributed by atoms with E-state index in [1.165, 1.54) is 11.8 Å². The molecule has 0 aliphatic heterocycles. The van der Waals surface area contributed by atoms with Gasteiger partial charge in [0.2, 0.25) is 11.8 Å². The smallest absolute Gasteiger partial charge is 0.240 e. The van der Waals surface area contributed by atoms with E-state index in [2.05, 4.69) is 15.5 Å². The van der Waals surface area contributed by atoms with Crippen LogP contribution in [-0.4, -0.2) is 25.9 Å². The molecule has 0 radical (unpaired) electrons. The lowest BCUT2D eigenvalue weighted by Gasteiger charge is -2.09. The van der Waals surface area contributed by atoms with Crippen molar-refractivity contribution in [3.05, 3.63) is 36.0 Å². The van der Waals surface area contributed by atoms with E-state index in [-0.39, 0.29) is 11.2 Å². The van der Waals surface area contributed by atoms with Gasteiger partial charge in [0.1, 0.15) is 0 Å². The summed E-state index contributed by atoms with van der Waals surface area (Å²) in [5, 5.41) is 6.95. The Labute approximate surface area is 131 Å². The van der Waals surface area contributed by atoms with E-state index in [1.54, 1.807) is 13.0 Å². The largest absolute Gasteiger partial charge is 0.338 e. The number of hydrogen-bond acceptors (Lipinski definition) is 5. The molecule has 1 amide bonds. The highest BCUT2D eigenvalue weighted by Gasteiger charge is 2.19. The van der Waals surface area contributed by atoms with Gasteiger partial charge in [-0.05, 0) is 26.0 Å². The van der Waals surface area contributed by atoms with E-state index in [4.69, 9.17) is 4.52 Å². The third-order valence-corrected chi connectivity index (χ3v) is 4.42. The van der Waals surface area contributed by atoms with Crippen LogP contribution in [0.25, 0.3) is 11.0 Å². The number of carbonyl (C=O) groups excluding carboxylic acids is 1. The molecule has 1 aromatic carbocycles. The van der Waals surface area contributed by atoms with Gasteiger partial charge in [-0.15, -0.1) is 0 Å². The third-order valence-electron chi connectivity index (χ3n) is 3.27. The Hall–Kier alpha value is -2.28. The highest BCUT2D eigenvalue weighted by Crippen LogP contribution is 2.26. The van der Waals surface area contributed by atoms with Crippen LogP contribution in [-0.2, 0) is 11.8 Å². The van der Waals surface area contributed by atoms with Gasteiger partial charge >= 0.3 is 0 Å². The molecular weight excluding hydrogens is 300 g/mol. The van der Waals surface area contributed by atoms with E-state index < -0.39 is 0 Å². The predicted molar refractivity (Wildman–Crippen MR) is 85.9 cm³/mol. The van der Waals surface area contributed by atoms with Crippen LogP contribution in [0.15, 0.2) is 40.0 Å². The van der Waals surface area contributed by atoms with Gasteiger partial charge in [-0.1, -0.05) is 29.1 Å². The number of thioether (sulfide) groups is 1. The minimum Gasteiger partial charge on any atom is -0.338 e. The first-order valence-electron chi connectivity index (χ1n) is 6.87. The summed E-state index contributed by atoms with van der Waals surface area (Å²) in [5.41, 5.74) is 2.69. The quantitative estimate of drug-likeness (QED) is 0.749. The maximum Gasteiger partial charge on any atom is 0.240 e. The number of para-hydroxylation sites is 2. The summed E-state index contributed by atoms with van der Waals surface area (Å²) in [6, 6.07) is 9.58. The molecule has 2 aromatic heterocycles. The predicted octanol–water partition coefficient (Wildman–Crippen LogP) is 2.99. The number of nitrogens with one attached hydrogen (secondary N) is 1. The number of fused-ring (bicyclic) bond motifs is 1. The van der Waals surface area contributed by atoms with Crippen LogP contribution in [0.2, 0.25) is 0 Å². The lowest BCUT2D eigenvalue weighted by molar-refractivity contribution is -0.115. The van der Waals surface area contributed by atoms with Crippen LogP contribution < -0.4 is 5.32 Å². The number of aromatic nitrogens is 3. The van der Waals surface area contributed by atoms with E-state index in [0.29, 0.717) is 5.88 Å². The molecule has 0 fully saturated rings. The third kappa shape index (κ3) is 2.85. The Morgan fingerprint density at radius 1 is 1.41 bits per heavy atom. The van der Waals surface area contributed by atoms with Crippen LogP contribution in [0.4, 0.5) is 5.88 Å². The number of imidazole rings is 1. The molecule has 0 saturated heterocycles. The van der Waals surface area contributed by atoms with E-state index in [1.807, 2.05) is 42.8 Å². The molecule has 22 heavy (non-hydrogen) atoms. The fraction of sp³-hybridized carbons (Fsp3) is 0.267. The summed E-state index contributed by atoms with van der Waals surface area (Å²) < 4.78 is 6.98. The number of nitrogens with zero attached hydrogens (tertiary/aromatic N) is 3. The molecule has 0 saturated carbocycles. The van der Waals surface area contributed by atoms with Crippen molar-refractivity contribution in [1.29, 1.82) is 0 Å². The van der Waals surface area contributed by atoms with Crippen molar-refractivity contribution in [2.75, 3.05) is 5.32 Å². The zero-order chi connectivity index (χ0) is 15.7. The van der Waals surface area contributed by atoms with Gasteiger partial charge in [-0.2, -0.15) is 0 Å². The number of rotatable bonds is 4. The molecule has 0 spiro atoms. The Morgan fingerprint density at radius 3 is 2.86 bits per heavy atom. The van der Waals surface area contributed by atoms with Gasteiger partial charge in [0.15, 0.2) is 5.16 Å². The van der Waals surface area contributed by atoms with E-state index in [9.17, 15) is 4.79 Å². The molecule has 2 heterocycles. The second kappa shape index (κ2) is 5.84. The summed E-state index contributed by atoms with van der Waals surface area (Å²) in [4.78, 5) is 16.8. The number of hydrogen-bond donors (Lipinski definition) is 1. The fourth-order valence-electron chi connectivity index (χ4n) is 2.09. The number of carbonyl (C=O) groups is 1. The van der Waals surface area contributed by atoms with Gasteiger partial charge in [0.25, 0.3) is 0 Å². The average Bonchev–Trinajstić information content (AvgIpc) is 3.04. The van der Waals surface area contributed by atoms with Crippen molar-refractivity contribution in [3.63, 3.8) is 0 Å². The van der Waals surface area contributed by atoms with Crippen molar-refractivity contribution in [2.24, 2.45) is 7.05 Å². The topological polar surface area (TPSA) is 73.0 Å². The molecule has 7 heteroatoms. The van der Waals surface area contributed by atoms with E-state index in [0.717, 1.165) is 21.9 Å². The molecule has 1 N–H and O–H groups in total. The summed E-state index contributed by atoms with van der Waals surface area (Å²) in [5.74, 6) is 0.216. The summed E-state index contributed by atoms with van der Waals surface area (Å²) in [6.45, 7) is 3.64. The minimum absolute atomic E-state index is 0.145. The van der Waals surface area contributed by atoms with Crippen LogP contribution in [0.3, 0.4) is 0 Å². The van der Waals surface area contributed by atoms with Crippen molar-refractivity contribution in [3.8, 4) is 0 Å². The SMILES string of the molecule is Cc1cc(NC(=O)C(C)Sc2nc3ccccc3n2C)on1. The van der Waals surface area contributed by atoms with Crippen molar-refractivity contribution in [1.82, 2.24) is 14.7 Å². The van der Waals surface area contributed by atoms with Gasteiger partial charge in [-0.3, -0.25) is 10.1 Å². The molecule has 114 valence electrons. The van der Waals surface area contributed by atoms with Crippen molar-refractivity contribution < 1.29 is 9.32 Å². The second-order valence-electron chi connectivity index (χ2n) is 5.02. The first-order valence-corrected chi connectivity index (χ1v) is 7.75. The molecule has 1 unspecified atom stereocenters. The van der Waals surface area contributed by atoms with Crippen molar-refractivity contribution in [2.45, 2.75) is 24.3 Å². The van der Waals surface area contributed by atoms with Crippen LogP contribution >= 0.6 is 11.8 Å². The minimum atomic E-state index is -0.305. The summed E-state index contributed by atoms with van der Waals surface area (Å²) >= 11 is 1.41. The Balaban J connectivity index is 1.73. The average molecular weight is 316 g/mol. The van der Waals surface area contributed by atoms with Gasteiger partial charge in [0.05, 0.1) is 22.0 Å². The maximum absolute atomic E-state index is 12.2. The summed E-state index contributed by atoms with van der Waals surface area (Å²) in [7, 11) is 1.95. The zero-order valence-corrected chi connectivity index (χ0v) is 13.3. The van der Waals surface area contributed by atoms with Crippen molar-refractivity contribution >= 4 is 34.6 Å². The van der Waals surface area contributed by atoms with Gasteiger partial charge in [0, 0.05) is 13.1 Å². The number of amides is 1. The Bertz CT molecular complexity index is 824. The maximum atomic E-state index is 12.2. The van der Waals surface area contributed by atoms with Crippen LogP contribution in [0.1, 0.15) is 12.6 Å². The van der Waals surface area contributed by atoms with Crippen LogP contribution in [0, 0.1) is 6.92 Å². The molecule has 6 nitrogen and oxygen atoms in total. The lowest BCUT2D eigenvalue weighted by atomic mass is 10.3. The molecule has 1 atom stereocenters. The highest BCUT2D eigenvalue weighted by atomic mass is 32.2. The first kappa shape index (κ1) is 14.6. The Kier molecular flexibility index (Phi) is 3.89.